The quantitative estimate of drug-likeness (QED) is 0.841. The highest BCUT2D eigenvalue weighted by Gasteiger charge is 2.25. The number of nitrogens with one attached hydrogen (secondary N) is 1. The first-order valence-corrected chi connectivity index (χ1v) is 7.69. The molecular weight excluding hydrogens is 288 g/mol. The lowest BCUT2D eigenvalue weighted by molar-refractivity contribution is -0.140. The summed E-state index contributed by atoms with van der Waals surface area (Å²) in [6, 6.07) is 6.86. The molecule has 0 fully saturated rings. The van der Waals surface area contributed by atoms with Gasteiger partial charge in [0.05, 0.1) is 0 Å². The van der Waals surface area contributed by atoms with Gasteiger partial charge in [-0.05, 0) is 38.0 Å². The van der Waals surface area contributed by atoms with Gasteiger partial charge in [0.25, 0.3) is 0 Å². The SMILES string of the molecule is CCCC(=O)N(Cc1cccc(Cl)c1)[C@H](C)C(=O)NCC. The van der Waals surface area contributed by atoms with Crippen LogP contribution < -0.4 is 5.32 Å². The third-order valence-electron chi connectivity index (χ3n) is 3.22. The Morgan fingerprint density at radius 3 is 2.62 bits per heavy atom. The Hall–Kier alpha value is -1.55. The van der Waals surface area contributed by atoms with Crippen LogP contribution in [0, 0.1) is 0 Å². The second kappa shape index (κ2) is 8.67. The predicted octanol–water partition coefficient (Wildman–Crippen LogP) is 2.99. The monoisotopic (exact) mass is 310 g/mol. The highest BCUT2D eigenvalue weighted by atomic mass is 35.5. The van der Waals surface area contributed by atoms with Crippen LogP contribution >= 0.6 is 11.6 Å². The van der Waals surface area contributed by atoms with E-state index in [1.807, 2.05) is 32.0 Å². The summed E-state index contributed by atoms with van der Waals surface area (Å²) in [5.41, 5.74) is 0.920. The van der Waals surface area contributed by atoms with Gasteiger partial charge in [0.1, 0.15) is 6.04 Å². The predicted molar refractivity (Wildman–Crippen MR) is 85.1 cm³/mol. The lowest BCUT2D eigenvalue weighted by Gasteiger charge is -2.28. The minimum Gasteiger partial charge on any atom is -0.355 e. The van der Waals surface area contributed by atoms with Crippen molar-refractivity contribution in [3.63, 3.8) is 0 Å². The number of likely N-dealkylation sites (N-methyl/N-ethyl adjacent to an activating group) is 1. The number of carbonyl (C=O) groups excluding carboxylic acids is 2. The largest absolute Gasteiger partial charge is 0.355 e. The maximum Gasteiger partial charge on any atom is 0.242 e. The lowest BCUT2D eigenvalue weighted by atomic mass is 10.1. The minimum absolute atomic E-state index is 0.0174. The number of amides is 2. The maximum absolute atomic E-state index is 12.3. The van der Waals surface area contributed by atoms with Crippen molar-refractivity contribution >= 4 is 23.4 Å². The summed E-state index contributed by atoms with van der Waals surface area (Å²) < 4.78 is 0. The lowest BCUT2D eigenvalue weighted by Crippen LogP contribution is -2.47. The Morgan fingerprint density at radius 2 is 2.05 bits per heavy atom. The Labute approximate surface area is 131 Å². The summed E-state index contributed by atoms with van der Waals surface area (Å²) in [5.74, 6) is -0.153. The number of hydrogen-bond donors (Lipinski definition) is 1. The fourth-order valence-corrected chi connectivity index (χ4v) is 2.31. The first-order valence-electron chi connectivity index (χ1n) is 7.31. The number of hydrogen-bond acceptors (Lipinski definition) is 2. The molecule has 0 aliphatic heterocycles. The molecule has 0 radical (unpaired) electrons. The van der Waals surface area contributed by atoms with Crippen molar-refractivity contribution in [3.8, 4) is 0 Å². The Morgan fingerprint density at radius 1 is 1.33 bits per heavy atom. The zero-order valence-electron chi connectivity index (χ0n) is 12.9. The smallest absolute Gasteiger partial charge is 0.242 e. The van der Waals surface area contributed by atoms with Gasteiger partial charge in [-0.3, -0.25) is 9.59 Å². The minimum atomic E-state index is -0.497. The molecule has 2 amide bonds. The first-order chi connectivity index (χ1) is 9.99. The average Bonchev–Trinajstić information content (AvgIpc) is 2.44. The van der Waals surface area contributed by atoms with E-state index in [0.717, 1.165) is 12.0 Å². The average molecular weight is 311 g/mol. The molecule has 0 unspecified atom stereocenters. The summed E-state index contributed by atoms with van der Waals surface area (Å²) in [6.45, 7) is 6.50. The van der Waals surface area contributed by atoms with Gasteiger partial charge in [0, 0.05) is 24.5 Å². The Bertz CT molecular complexity index is 491. The summed E-state index contributed by atoms with van der Waals surface area (Å²) in [6.07, 6.45) is 1.19. The third kappa shape index (κ3) is 5.38. The van der Waals surface area contributed by atoms with Gasteiger partial charge in [-0.2, -0.15) is 0 Å². The van der Waals surface area contributed by atoms with E-state index in [9.17, 15) is 9.59 Å². The summed E-state index contributed by atoms with van der Waals surface area (Å²) in [5, 5.41) is 3.39. The van der Waals surface area contributed by atoms with Crippen LogP contribution in [0.4, 0.5) is 0 Å². The van der Waals surface area contributed by atoms with Gasteiger partial charge >= 0.3 is 0 Å². The Balaban J connectivity index is 2.91. The van der Waals surface area contributed by atoms with Crippen molar-refractivity contribution in [2.75, 3.05) is 6.54 Å². The van der Waals surface area contributed by atoms with Crippen LogP contribution in [0.3, 0.4) is 0 Å². The van der Waals surface area contributed by atoms with Crippen LogP contribution in [0.25, 0.3) is 0 Å². The molecule has 21 heavy (non-hydrogen) atoms. The molecule has 0 aliphatic rings. The van der Waals surface area contributed by atoms with E-state index >= 15 is 0 Å². The van der Waals surface area contributed by atoms with Crippen molar-refractivity contribution in [2.24, 2.45) is 0 Å². The number of benzene rings is 1. The first kappa shape index (κ1) is 17.5. The zero-order valence-corrected chi connectivity index (χ0v) is 13.6. The molecular formula is C16H23ClN2O2. The highest BCUT2D eigenvalue weighted by Crippen LogP contribution is 2.15. The van der Waals surface area contributed by atoms with E-state index in [-0.39, 0.29) is 11.8 Å². The molecule has 4 nitrogen and oxygen atoms in total. The molecule has 0 spiro atoms. The van der Waals surface area contributed by atoms with Crippen LogP contribution in [0.15, 0.2) is 24.3 Å². The molecule has 0 saturated heterocycles. The molecule has 1 aromatic rings. The normalized spacial score (nSPS) is 11.8. The topological polar surface area (TPSA) is 49.4 Å². The van der Waals surface area contributed by atoms with E-state index in [2.05, 4.69) is 5.32 Å². The molecule has 0 bridgehead atoms. The molecule has 0 saturated carbocycles. The van der Waals surface area contributed by atoms with Gasteiger partial charge in [0.15, 0.2) is 0 Å². The fraction of sp³-hybridized carbons (Fsp3) is 0.500. The van der Waals surface area contributed by atoms with Gasteiger partial charge in [-0.15, -0.1) is 0 Å². The number of rotatable bonds is 7. The fourth-order valence-electron chi connectivity index (χ4n) is 2.09. The number of carbonyl (C=O) groups is 2. The van der Waals surface area contributed by atoms with Crippen LogP contribution in [0.5, 0.6) is 0 Å². The highest BCUT2D eigenvalue weighted by molar-refractivity contribution is 6.30. The van der Waals surface area contributed by atoms with E-state index in [4.69, 9.17) is 11.6 Å². The molecule has 1 N–H and O–H groups in total. The second-order valence-corrected chi connectivity index (χ2v) is 5.41. The van der Waals surface area contributed by atoms with Crippen molar-refractivity contribution in [1.82, 2.24) is 10.2 Å². The molecule has 0 heterocycles. The molecule has 5 heteroatoms. The molecule has 1 aromatic carbocycles. The van der Waals surface area contributed by atoms with Gasteiger partial charge in [-0.1, -0.05) is 30.7 Å². The van der Waals surface area contributed by atoms with E-state index in [1.165, 1.54) is 0 Å². The zero-order chi connectivity index (χ0) is 15.8. The van der Waals surface area contributed by atoms with E-state index < -0.39 is 6.04 Å². The summed E-state index contributed by atoms with van der Waals surface area (Å²) in [7, 11) is 0. The molecule has 0 aliphatic carbocycles. The van der Waals surface area contributed by atoms with Crippen LogP contribution in [-0.2, 0) is 16.1 Å². The number of nitrogens with zero attached hydrogens (tertiary/aromatic N) is 1. The van der Waals surface area contributed by atoms with Crippen LogP contribution in [0.2, 0.25) is 5.02 Å². The third-order valence-corrected chi connectivity index (χ3v) is 3.46. The molecule has 0 aromatic heterocycles. The van der Waals surface area contributed by atoms with Gasteiger partial charge < -0.3 is 10.2 Å². The van der Waals surface area contributed by atoms with E-state index in [1.54, 1.807) is 17.9 Å². The van der Waals surface area contributed by atoms with Crippen LogP contribution in [-0.4, -0.2) is 29.3 Å². The van der Waals surface area contributed by atoms with Crippen LogP contribution in [0.1, 0.15) is 39.2 Å². The van der Waals surface area contributed by atoms with Gasteiger partial charge in [-0.25, -0.2) is 0 Å². The molecule has 1 rings (SSSR count). The Kier molecular flexibility index (Phi) is 7.23. The standard InChI is InChI=1S/C16H23ClN2O2/c1-4-7-15(20)19(12(3)16(21)18-5-2)11-13-8-6-9-14(17)10-13/h6,8-10,12H,4-5,7,11H2,1-3H3,(H,18,21)/t12-/m1/s1. The second-order valence-electron chi connectivity index (χ2n) is 4.97. The van der Waals surface area contributed by atoms with Gasteiger partial charge in [0.2, 0.25) is 11.8 Å². The maximum atomic E-state index is 12.3. The van der Waals surface area contributed by atoms with Crippen molar-refractivity contribution < 1.29 is 9.59 Å². The summed E-state index contributed by atoms with van der Waals surface area (Å²) >= 11 is 5.98. The van der Waals surface area contributed by atoms with Crippen molar-refractivity contribution in [1.29, 1.82) is 0 Å². The molecule has 116 valence electrons. The number of halogens is 1. The van der Waals surface area contributed by atoms with Crippen molar-refractivity contribution in [2.45, 2.75) is 46.2 Å². The van der Waals surface area contributed by atoms with E-state index in [0.29, 0.717) is 24.5 Å². The summed E-state index contributed by atoms with van der Waals surface area (Å²) in [4.78, 5) is 25.9. The van der Waals surface area contributed by atoms with Crippen molar-refractivity contribution in [3.05, 3.63) is 34.9 Å². The molecule has 1 atom stereocenters.